The van der Waals surface area contributed by atoms with Crippen molar-refractivity contribution in [1.82, 2.24) is 11.0 Å². The van der Waals surface area contributed by atoms with Gasteiger partial charge in [-0.05, 0) is 122 Å². The highest BCUT2D eigenvalue weighted by atomic mass is 127. The molecule has 0 saturated carbocycles. The second kappa shape index (κ2) is 15.5. The molecule has 4 aromatic carbocycles. The Morgan fingerprint density at radius 3 is 1.95 bits per heavy atom. The maximum Gasteiger partial charge on any atom is 0.276 e. The summed E-state index contributed by atoms with van der Waals surface area (Å²) in [5, 5.41) is 33.7. The van der Waals surface area contributed by atoms with Gasteiger partial charge in [0.05, 0.1) is 37.6 Å². The minimum atomic E-state index is -1.38. The number of anilines is 4. The predicted octanol–water partition coefficient (Wildman–Crippen LogP) is 7.70. The molecule has 0 bridgehead atoms. The molecule has 17 heteroatoms. The summed E-state index contributed by atoms with van der Waals surface area (Å²) >= 11 is 6.82. The number of rotatable bonds is 7. The van der Waals surface area contributed by atoms with E-state index < -0.39 is 45.4 Å². The molecule has 0 heterocycles. The molecule has 0 aromatic heterocycles. The molecular formula is C27H19BrF3I2N5O6. The zero-order valence-electron chi connectivity index (χ0n) is 22.0. The Balaban J connectivity index is 0.000000240. The molecule has 2 amide bonds. The van der Waals surface area contributed by atoms with Crippen molar-refractivity contribution in [2.24, 2.45) is 0 Å². The first-order valence-corrected chi connectivity index (χ1v) is 14.8. The lowest BCUT2D eigenvalue weighted by Crippen LogP contribution is -2.21. The number of nitrogens with one attached hydrogen (secondary N) is 4. The third-order valence-corrected chi connectivity index (χ3v) is 7.64. The van der Waals surface area contributed by atoms with E-state index in [-0.39, 0.29) is 27.1 Å². The zero-order chi connectivity index (χ0) is 32.7. The summed E-state index contributed by atoms with van der Waals surface area (Å²) in [7, 11) is 0. The number of carbonyl (C=O) groups excluding carboxylic acids is 2. The fourth-order valence-electron chi connectivity index (χ4n) is 3.60. The number of nitro benzene ring substituents is 1. The number of nitro groups is 1. The van der Waals surface area contributed by atoms with Crippen molar-refractivity contribution in [3.8, 4) is 0 Å². The summed E-state index contributed by atoms with van der Waals surface area (Å²) in [6.45, 7) is 1.88. The number of benzene rings is 4. The normalized spacial score (nSPS) is 10.3. The number of halogens is 6. The fourth-order valence-corrected chi connectivity index (χ4v) is 5.11. The van der Waals surface area contributed by atoms with Crippen LogP contribution in [0.25, 0.3) is 0 Å². The van der Waals surface area contributed by atoms with E-state index in [1.165, 1.54) is 41.3 Å². The summed E-state index contributed by atoms with van der Waals surface area (Å²) in [6.07, 6.45) is 0. The van der Waals surface area contributed by atoms with Crippen LogP contribution in [0.3, 0.4) is 0 Å². The van der Waals surface area contributed by atoms with Crippen molar-refractivity contribution in [1.29, 1.82) is 0 Å². The molecule has 0 aliphatic carbocycles. The van der Waals surface area contributed by atoms with Gasteiger partial charge in [-0.15, -0.1) is 0 Å². The molecular weight excluding hydrogens is 881 g/mol. The van der Waals surface area contributed by atoms with Crippen LogP contribution in [0.5, 0.6) is 0 Å². The molecule has 0 fully saturated rings. The van der Waals surface area contributed by atoms with Crippen LogP contribution in [0.4, 0.5) is 41.6 Å². The number of amides is 2. The number of hydrogen-bond donors (Lipinski definition) is 6. The van der Waals surface area contributed by atoms with Gasteiger partial charge >= 0.3 is 0 Å². The van der Waals surface area contributed by atoms with Crippen molar-refractivity contribution in [2.75, 3.05) is 10.6 Å². The van der Waals surface area contributed by atoms with E-state index in [2.05, 4.69) is 49.2 Å². The summed E-state index contributed by atoms with van der Waals surface area (Å²) in [5.41, 5.74) is 3.55. The monoisotopic (exact) mass is 899 g/mol. The molecule has 0 unspecified atom stereocenters. The number of hydroxylamine groups is 2. The fraction of sp³-hybridized carbons (Fsp3) is 0.0370. The molecule has 11 nitrogen and oxygen atoms in total. The van der Waals surface area contributed by atoms with Gasteiger partial charge in [-0.2, -0.15) is 0 Å². The van der Waals surface area contributed by atoms with Gasteiger partial charge in [-0.25, -0.2) is 24.1 Å². The maximum absolute atomic E-state index is 14.1. The lowest BCUT2D eigenvalue weighted by molar-refractivity contribution is -0.384. The summed E-state index contributed by atoms with van der Waals surface area (Å²) in [4.78, 5) is 33.6. The van der Waals surface area contributed by atoms with Crippen molar-refractivity contribution >= 4 is 101 Å². The van der Waals surface area contributed by atoms with Crippen LogP contribution >= 0.6 is 61.1 Å². The van der Waals surface area contributed by atoms with Crippen LogP contribution in [0.1, 0.15) is 26.3 Å². The SMILES string of the molecule is Cc1cc(I)ccc1Nc1cc([N+](=O)[O-])ccc1C(=O)NO.O=C(NO)c1cc(Br)c(F)c(F)c1Nc1ccc(I)cc1F. The van der Waals surface area contributed by atoms with Gasteiger partial charge in [0, 0.05) is 25.0 Å². The first-order valence-electron chi connectivity index (χ1n) is 11.9. The van der Waals surface area contributed by atoms with Gasteiger partial charge in [-0.1, -0.05) is 0 Å². The van der Waals surface area contributed by atoms with Crippen LogP contribution in [-0.2, 0) is 0 Å². The van der Waals surface area contributed by atoms with E-state index in [0.29, 0.717) is 9.26 Å². The van der Waals surface area contributed by atoms with Crippen molar-refractivity contribution < 1.29 is 38.1 Å². The summed E-state index contributed by atoms with van der Waals surface area (Å²) < 4.78 is 42.9. The van der Waals surface area contributed by atoms with Crippen LogP contribution in [0.15, 0.2) is 65.1 Å². The second-order valence-corrected chi connectivity index (χ2v) is 12.0. The lowest BCUT2D eigenvalue weighted by Gasteiger charge is -2.14. The number of hydrogen-bond acceptors (Lipinski definition) is 8. The Bertz CT molecular complexity index is 1770. The van der Waals surface area contributed by atoms with Gasteiger partial charge in [0.25, 0.3) is 17.5 Å². The van der Waals surface area contributed by atoms with E-state index in [0.717, 1.165) is 15.2 Å². The van der Waals surface area contributed by atoms with Crippen molar-refractivity contribution in [2.45, 2.75) is 6.92 Å². The quantitative estimate of drug-likeness (QED) is 0.0361. The number of aryl methyl sites for hydroxylation is 1. The third-order valence-electron chi connectivity index (χ3n) is 5.72. The molecule has 0 aliphatic heterocycles. The topological polar surface area (TPSA) is 166 Å². The van der Waals surface area contributed by atoms with Crippen molar-refractivity contribution in [3.63, 3.8) is 0 Å². The van der Waals surface area contributed by atoms with Gasteiger partial charge in [0.1, 0.15) is 5.82 Å². The third kappa shape index (κ3) is 8.55. The molecule has 0 aliphatic rings. The second-order valence-electron chi connectivity index (χ2n) is 8.61. The van der Waals surface area contributed by atoms with Crippen LogP contribution in [0, 0.1) is 41.6 Å². The van der Waals surface area contributed by atoms with E-state index in [1.807, 2.05) is 47.7 Å². The zero-order valence-corrected chi connectivity index (χ0v) is 27.9. The Labute approximate surface area is 282 Å². The Kier molecular flexibility index (Phi) is 12.3. The highest BCUT2D eigenvalue weighted by molar-refractivity contribution is 14.1. The molecule has 6 N–H and O–H groups in total. The predicted molar refractivity (Wildman–Crippen MR) is 175 cm³/mol. The van der Waals surface area contributed by atoms with Gasteiger partial charge in [0.2, 0.25) is 0 Å². The largest absolute Gasteiger partial charge is 0.354 e. The first kappa shape index (κ1) is 35.0. The number of nitrogens with zero attached hydrogens (tertiary/aromatic N) is 1. The smallest absolute Gasteiger partial charge is 0.276 e. The molecule has 230 valence electrons. The Hall–Kier alpha value is -3.53. The van der Waals surface area contributed by atoms with Crippen molar-refractivity contribution in [3.05, 3.63) is 117 Å². The number of non-ortho nitro benzene ring substituents is 1. The highest BCUT2D eigenvalue weighted by Crippen LogP contribution is 2.32. The van der Waals surface area contributed by atoms with Crippen LogP contribution in [0.2, 0.25) is 0 Å². The van der Waals surface area contributed by atoms with E-state index in [9.17, 15) is 32.9 Å². The van der Waals surface area contributed by atoms with Gasteiger partial charge < -0.3 is 10.6 Å². The molecule has 44 heavy (non-hydrogen) atoms. The van der Waals surface area contributed by atoms with E-state index in [4.69, 9.17) is 10.4 Å². The van der Waals surface area contributed by atoms with Crippen LogP contribution < -0.4 is 21.6 Å². The van der Waals surface area contributed by atoms with E-state index in [1.54, 1.807) is 6.07 Å². The molecule has 0 saturated heterocycles. The van der Waals surface area contributed by atoms with Crippen LogP contribution in [-0.4, -0.2) is 27.2 Å². The molecule has 4 aromatic rings. The first-order chi connectivity index (χ1) is 20.8. The van der Waals surface area contributed by atoms with Gasteiger partial charge in [0.15, 0.2) is 11.6 Å². The average Bonchev–Trinajstić information content (AvgIpc) is 2.99. The Morgan fingerprint density at radius 2 is 1.39 bits per heavy atom. The minimum Gasteiger partial charge on any atom is -0.354 e. The molecule has 0 spiro atoms. The molecule has 0 atom stereocenters. The Morgan fingerprint density at radius 1 is 0.795 bits per heavy atom. The summed E-state index contributed by atoms with van der Waals surface area (Å²) in [5.74, 6) is -5.16. The highest BCUT2D eigenvalue weighted by Gasteiger charge is 2.23. The number of carbonyl (C=O) groups is 2. The standard InChI is InChI=1S/C14H12IN3O4.C13H7BrF3IN2O2/c1-8-6-9(15)2-5-12(8)16-13-7-10(18(21)22)3-4-11(13)14(19)17-20;14-7-4-6(13(21)20-22)12(11(17)10(7)16)19-9-2-1-5(18)3-8(9)15/h2-7,16,20H,1H3,(H,17,19);1-4,19,22H,(H,20,21). The average molecular weight is 900 g/mol. The van der Waals surface area contributed by atoms with E-state index >= 15 is 0 Å². The maximum atomic E-state index is 14.1. The molecule has 0 radical (unpaired) electrons. The lowest BCUT2D eigenvalue weighted by atomic mass is 10.1. The van der Waals surface area contributed by atoms with Gasteiger partial charge in [-0.3, -0.25) is 30.1 Å². The minimum absolute atomic E-state index is 0.103. The molecule has 4 rings (SSSR count). The summed E-state index contributed by atoms with van der Waals surface area (Å²) in [6, 6.07) is 14.4.